The zero-order chi connectivity index (χ0) is 13.0. The molecule has 98 valence electrons. The van der Waals surface area contributed by atoms with Crippen molar-refractivity contribution in [2.24, 2.45) is 0 Å². The molecule has 0 spiro atoms. The van der Waals surface area contributed by atoms with Crippen molar-refractivity contribution in [1.82, 2.24) is 4.90 Å². The van der Waals surface area contributed by atoms with E-state index in [-0.39, 0.29) is 17.8 Å². The number of thioether (sulfide) groups is 1. The summed E-state index contributed by atoms with van der Waals surface area (Å²) in [5, 5.41) is 9.36. The second-order valence-electron chi connectivity index (χ2n) is 4.35. The highest BCUT2D eigenvalue weighted by molar-refractivity contribution is 8.00. The van der Waals surface area contributed by atoms with Crippen molar-refractivity contribution in [3.8, 4) is 0 Å². The number of carbonyl (C=O) groups is 1. The fourth-order valence-electron chi connectivity index (χ4n) is 1.88. The van der Waals surface area contributed by atoms with Gasteiger partial charge in [-0.25, -0.2) is 4.39 Å². The van der Waals surface area contributed by atoms with Crippen LogP contribution >= 0.6 is 11.8 Å². The molecule has 1 heterocycles. The van der Waals surface area contributed by atoms with Gasteiger partial charge in [-0.3, -0.25) is 4.79 Å². The minimum absolute atomic E-state index is 0.0798. The first-order chi connectivity index (χ1) is 8.65. The van der Waals surface area contributed by atoms with Crippen molar-refractivity contribution in [1.29, 1.82) is 0 Å². The fraction of sp³-hybridized carbons (Fsp3) is 0.462. The largest absolute Gasteiger partial charge is 0.393 e. The first kappa shape index (κ1) is 13.4. The van der Waals surface area contributed by atoms with Gasteiger partial charge in [-0.05, 0) is 37.1 Å². The van der Waals surface area contributed by atoms with Gasteiger partial charge in [0.1, 0.15) is 5.82 Å². The van der Waals surface area contributed by atoms with Crippen LogP contribution in [-0.2, 0) is 4.79 Å². The Bertz CT molecular complexity index is 402. The average Bonchev–Trinajstić information content (AvgIpc) is 2.38. The second-order valence-corrected chi connectivity index (χ2v) is 5.40. The van der Waals surface area contributed by atoms with Crippen LogP contribution in [0.25, 0.3) is 0 Å². The average molecular weight is 269 g/mol. The topological polar surface area (TPSA) is 40.5 Å². The number of piperidine rings is 1. The van der Waals surface area contributed by atoms with Crippen molar-refractivity contribution < 1.29 is 14.3 Å². The van der Waals surface area contributed by atoms with Crippen molar-refractivity contribution in [2.45, 2.75) is 23.8 Å². The van der Waals surface area contributed by atoms with E-state index in [1.54, 1.807) is 17.0 Å². The Kier molecular flexibility index (Phi) is 4.60. The molecular weight excluding hydrogens is 253 g/mol. The molecule has 1 N–H and O–H groups in total. The molecule has 1 amide bonds. The number of nitrogens with zero attached hydrogens (tertiary/aromatic N) is 1. The molecule has 0 atom stereocenters. The monoisotopic (exact) mass is 269 g/mol. The lowest BCUT2D eigenvalue weighted by molar-refractivity contribution is -0.130. The van der Waals surface area contributed by atoms with E-state index in [4.69, 9.17) is 0 Å². The number of aliphatic hydroxyl groups is 1. The van der Waals surface area contributed by atoms with Gasteiger partial charge in [0.15, 0.2) is 0 Å². The van der Waals surface area contributed by atoms with Crippen LogP contribution in [0.3, 0.4) is 0 Å². The molecule has 1 fully saturated rings. The molecule has 3 nitrogen and oxygen atoms in total. The number of amides is 1. The number of likely N-dealkylation sites (tertiary alicyclic amines) is 1. The molecule has 1 saturated heterocycles. The quantitative estimate of drug-likeness (QED) is 0.852. The first-order valence-electron chi connectivity index (χ1n) is 5.99. The number of halogens is 1. The summed E-state index contributed by atoms with van der Waals surface area (Å²) in [6.07, 6.45) is 1.05. The van der Waals surface area contributed by atoms with Gasteiger partial charge in [-0.2, -0.15) is 0 Å². The second kappa shape index (κ2) is 6.20. The number of hydrogen-bond acceptors (Lipinski definition) is 3. The van der Waals surface area contributed by atoms with E-state index in [0.29, 0.717) is 31.7 Å². The molecule has 0 radical (unpaired) electrons. The molecule has 2 rings (SSSR count). The van der Waals surface area contributed by atoms with Gasteiger partial charge >= 0.3 is 0 Å². The highest BCUT2D eigenvalue weighted by Crippen LogP contribution is 2.19. The summed E-state index contributed by atoms with van der Waals surface area (Å²) >= 11 is 1.41. The predicted molar refractivity (Wildman–Crippen MR) is 68.9 cm³/mol. The van der Waals surface area contributed by atoms with Crippen molar-refractivity contribution in [2.75, 3.05) is 18.8 Å². The minimum Gasteiger partial charge on any atom is -0.393 e. The lowest BCUT2D eigenvalue weighted by atomic mass is 10.1. The van der Waals surface area contributed by atoms with Crippen LogP contribution in [-0.4, -0.2) is 40.9 Å². The van der Waals surface area contributed by atoms with Gasteiger partial charge in [0.2, 0.25) is 5.91 Å². The molecule has 0 unspecified atom stereocenters. The van der Waals surface area contributed by atoms with Crippen LogP contribution in [0.2, 0.25) is 0 Å². The highest BCUT2D eigenvalue weighted by Gasteiger charge is 2.20. The number of rotatable bonds is 3. The Morgan fingerprint density at radius 1 is 1.33 bits per heavy atom. The van der Waals surface area contributed by atoms with E-state index in [1.165, 1.54) is 23.9 Å². The number of carbonyl (C=O) groups excluding carboxylic acids is 1. The van der Waals surface area contributed by atoms with E-state index < -0.39 is 0 Å². The molecule has 0 saturated carbocycles. The number of benzene rings is 1. The molecule has 18 heavy (non-hydrogen) atoms. The van der Waals surface area contributed by atoms with Crippen LogP contribution in [0.4, 0.5) is 4.39 Å². The molecule has 1 aromatic rings. The molecule has 0 aliphatic carbocycles. The summed E-state index contributed by atoms with van der Waals surface area (Å²) in [4.78, 5) is 14.6. The SMILES string of the molecule is O=C(CSc1ccc(F)cc1)N1CCC(O)CC1. The molecule has 1 aliphatic rings. The maximum absolute atomic E-state index is 12.7. The Morgan fingerprint density at radius 3 is 2.56 bits per heavy atom. The predicted octanol–water partition coefficient (Wildman–Crippen LogP) is 1.90. The van der Waals surface area contributed by atoms with E-state index in [2.05, 4.69) is 0 Å². The lowest BCUT2D eigenvalue weighted by Crippen LogP contribution is -2.40. The van der Waals surface area contributed by atoms with Gasteiger partial charge in [0, 0.05) is 18.0 Å². The minimum atomic E-state index is -0.268. The molecule has 0 bridgehead atoms. The normalized spacial score (nSPS) is 16.9. The van der Waals surface area contributed by atoms with Gasteiger partial charge in [0.25, 0.3) is 0 Å². The van der Waals surface area contributed by atoms with Crippen LogP contribution < -0.4 is 0 Å². The third kappa shape index (κ3) is 3.71. The van der Waals surface area contributed by atoms with Crippen molar-refractivity contribution >= 4 is 17.7 Å². The van der Waals surface area contributed by atoms with Gasteiger partial charge in [-0.15, -0.1) is 11.8 Å². The summed E-state index contributed by atoms with van der Waals surface area (Å²) in [7, 11) is 0. The Morgan fingerprint density at radius 2 is 1.94 bits per heavy atom. The third-order valence-electron chi connectivity index (χ3n) is 2.99. The van der Waals surface area contributed by atoms with E-state index >= 15 is 0 Å². The zero-order valence-electron chi connectivity index (χ0n) is 10.0. The molecule has 0 aromatic heterocycles. The smallest absolute Gasteiger partial charge is 0.232 e. The van der Waals surface area contributed by atoms with E-state index in [9.17, 15) is 14.3 Å². The highest BCUT2D eigenvalue weighted by atomic mass is 32.2. The third-order valence-corrected chi connectivity index (χ3v) is 3.99. The maximum Gasteiger partial charge on any atom is 0.232 e. The molecule has 1 aromatic carbocycles. The summed E-state index contributed by atoms with van der Waals surface area (Å²) in [5.41, 5.74) is 0. The number of aliphatic hydroxyl groups excluding tert-OH is 1. The molecule has 1 aliphatic heterocycles. The first-order valence-corrected chi connectivity index (χ1v) is 6.98. The Balaban J connectivity index is 1.79. The van der Waals surface area contributed by atoms with Crippen LogP contribution in [0.5, 0.6) is 0 Å². The summed E-state index contributed by atoms with van der Waals surface area (Å²) < 4.78 is 12.7. The van der Waals surface area contributed by atoms with Gasteiger partial charge in [-0.1, -0.05) is 0 Å². The molecular formula is C13H16FNO2S. The Hall–Kier alpha value is -1.07. The van der Waals surface area contributed by atoms with E-state index in [0.717, 1.165) is 4.90 Å². The van der Waals surface area contributed by atoms with Crippen LogP contribution in [0.1, 0.15) is 12.8 Å². The Labute approximate surface area is 110 Å². The lowest BCUT2D eigenvalue weighted by Gasteiger charge is -2.29. The zero-order valence-corrected chi connectivity index (χ0v) is 10.8. The van der Waals surface area contributed by atoms with Gasteiger partial charge in [0.05, 0.1) is 11.9 Å². The molecule has 5 heteroatoms. The van der Waals surface area contributed by atoms with Crippen LogP contribution in [0, 0.1) is 5.82 Å². The summed E-state index contributed by atoms with van der Waals surface area (Å²) in [6, 6.07) is 6.13. The summed E-state index contributed by atoms with van der Waals surface area (Å²) in [5.74, 6) is 0.175. The van der Waals surface area contributed by atoms with Crippen LogP contribution in [0.15, 0.2) is 29.2 Å². The summed E-state index contributed by atoms with van der Waals surface area (Å²) in [6.45, 7) is 1.26. The maximum atomic E-state index is 12.7. The standard InChI is InChI=1S/C13H16FNO2S/c14-10-1-3-12(4-2-10)18-9-13(17)15-7-5-11(16)6-8-15/h1-4,11,16H,5-9H2. The van der Waals surface area contributed by atoms with E-state index in [1.807, 2.05) is 0 Å². The van der Waals surface area contributed by atoms with Crippen molar-refractivity contribution in [3.63, 3.8) is 0 Å². The fourth-order valence-corrected chi connectivity index (χ4v) is 2.68. The van der Waals surface area contributed by atoms with Gasteiger partial charge < -0.3 is 10.0 Å². The number of hydrogen-bond donors (Lipinski definition) is 1. The van der Waals surface area contributed by atoms with Crippen molar-refractivity contribution in [3.05, 3.63) is 30.1 Å².